The summed E-state index contributed by atoms with van der Waals surface area (Å²) in [4.78, 5) is 2.59. The molecule has 0 saturated carbocycles. The maximum absolute atomic E-state index is 5.17. The van der Waals surface area contributed by atoms with Gasteiger partial charge in [0.15, 0.2) is 0 Å². The molecule has 1 rings (SSSR count). The molecule has 0 bridgehead atoms. The lowest BCUT2D eigenvalue weighted by molar-refractivity contribution is 0.117. The molecule has 0 aromatic heterocycles. The molecule has 1 fully saturated rings. The topological polar surface area (TPSA) is 24.5 Å². The van der Waals surface area contributed by atoms with E-state index in [0.29, 0.717) is 6.10 Å². The Morgan fingerprint density at radius 3 is 2.67 bits per heavy atom. The van der Waals surface area contributed by atoms with Crippen molar-refractivity contribution in [3.63, 3.8) is 0 Å². The van der Waals surface area contributed by atoms with Crippen LogP contribution in [-0.2, 0) is 4.74 Å². The van der Waals surface area contributed by atoms with Gasteiger partial charge in [0.25, 0.3) is 0 Å². The Morgan fingerprint density at radius 1 is 1.27 bits per heavy atom. The second-order valence-electron chi connectivity index (χ2n) is 4.51. The number of hydrogen-bond acceptors (Lipinski definition) is 3. The molecule has 15 heavy (non-hydrogen) atoms. The molecule has 1 heterocycles. The summed E-state index contributed by atoms with van der Waals surface area (Å²) >= 11 is 0. The fraction of sp³-hybridized carbons (Fsp3) is 1.00. The predicted molar refractivity (Wildman–Crippen MR) is 64.2 cm³/mol. The van der Waals surface area contributed by atoms with E-state index in [2.05, 4.69) is 17.1 Å². The minimum absolute atomic E-state index is 0.333. The molecule has 0 aromatic carbocycles. The number of rotatable bonds is 7. The summed E-state index contributed by atoms with van der Waals surface area (Å²) in [6.07, 6.45) is 5.82. The van der Waals surface area contributed by atoms with E-state index >= 15 is 0 Å². The van der Waals surface area contributed by atoms with Crippen molar-refractivity contribution in [2.45, 2.75) is 38.7 Å². The summed E-state index contributed by atoms with van der Waals surface area (Å²) in [7, 11) is 1.76. The second kappa shape index (κ2) is 8.08. The van der Waals surface area contributed by atoms with Crippen LogP contribution in [0.1, 0.15) is 32.6 Å². The minimum atomic E-state index is 0.333. The first-order valence-corrected chi connectivity index (χ1v) is 6.29. The maximum Gasteiger partial charge on any atom is 0.0667 e. The molecule has 1 N–H and O–H groups in total. The Labute approximate surface area is 94.2 Å². The van der Waals surface area contributed by atoms with Crippen LogP contribution in [0.2, 0.25) is 0 Å². The van der Waals surface area contributed by atoms with Gasteiger partial charge in [0.1, 0.15) is 0 Å². The van der Waals surface area contributed by atoms with Crippen LogP contribution in [0, 0.1) is 0 Å². The van der Waals surface area contributed by atoms with Crippen LogP contribution >= 0.6 is 0 Å². The van der Waals surface area contributed by atoms with Gasteiger partial charge in [0, 0.05) is 13.7 Å². The quantitative estimate of drug-likeness (QED) is 0.650. The van der Waals surface area contributed by atoms with E-state index in [0.717, 1.165) is 13.1 Å². The first-order valence-electron chi connectivity index (χ1n) is 6.29. The van der Waals surface area contributed by atoms with Crippen LogP contribution < -0.4 is 5.32 Å². The van der Waals surface area contributed by atoms with Gasteiger partial charge in [0.05, 0.1) is 6.10 Å². The van der Waals surface area contributed by atoms with Gasteiger partial charge in [-0.15, -0.1) is 0 Å². The van der Waals surface area contributed by atoms with Crippen molar-refractivity contribution in [1.82, 2.24) is 10.2 Å². The third-order valence-electron chi connectivity index (χ3n) is 3.11. The first-order chi connectivity index (χ1) is 7.33. The van der Waals surface area contributed by atoms with Gasteiger partial charge in [-0.2, -0.15) is 0 Å². The number of nitrogens with one attached hydrogen (secondary N) is 1. The zero-order valence-electron chi connectivity index (χ0n) is 10.3. The summed E-state index contributed by atoms with van der Waals surface area (Å²) in [5.74, 6) is 0. The Balaban J connectivity index is 1.87. The number of hydrogen-bond donors (Lipinski definition) is 1. The lowest BCUT2D eigenvalue weighted by atomic mass is 10.1. The van der Waals surface area contributed by atoms with E-state index in [9.17, 15) is 0 Å². The molecule has 90 valence electrons. The van der Waals surface area contributed by atoms with Crippen LogP contribution in [-0.4, -0.2) is 50.8 Å². The van der Waals surface area contributed by atoms with Crippen molar-refractivity contribution in [2.24, 2.45) is 0 Å². The minimum Gasteiger partial charge on any atom is -0.380 e. The second-order valence-corrected chi connectivity index (χ2v) is 4.51. The summed E-state index contributed by atoms with van der Waals surface area (Å²) in [6, 6.07) is 0. The number of methoxy groups -OCH3 is 1. The van der Waals surface area contributed by atoms with E-state index in [1.165, 1.54) is 45.3 Å². The van der Waals surface area contributed by atoms with Gasteiger partial charge < -0.3 is 15.0 Å². The Morgan fingerprint density at radius 2 is 2.00 bits per heavy atom. The fourth-order valence-corrected chi connectivity index (χ4v) is 2.00. The molecule has 3 heteroatoms. The molecule has 3 nitrogen and oxygen atoms in total. The van der Waals surface area contributed by atoms with Gasteiger partial charge in [-0.3, -0.25) is 0 Å². The molecule has 0 spiro atoms. The lowest BCUT2D eigenvalue weighted by Crippen LogP contribution is -2.33. The van der Waals surface area contributed by atoms with E-state index in [1.54, 1.807) is 7.11 Å². The van der Waals surface area contributed by atoms with Gasteiger partial charge in [-0.25, -0.2) is 0 Å². The van der Waals surface area contributed by atoms with Gasteiger partial charge in [0.2, 0.25) is 0 Å². The fourth-order valence-electron chi connectivity index (χ4n) is 2.00. The SMILES string of the molecule is COC(C)CNCCCN1CCCCC1. The highest BCUT2D eigenvalue weighted by molar-refractivity contribution is 4.65. The van der Waals surface area contributed by atoms with Crippen molar-refractivity contribution in [1.29, 1.82) is 0 Å². The maximum atomic E-state index is 5.17. The molecule has 1 aliphatic heterocycles. The summed E-state index contributed by atoms with van der Waals surface area (Å²) in [5, 5.41) is 3.42. The van der Waals surface area contributed by atoms with Crippen LogP contribution in [0.25, 0.3) is 0 Å². The Hall–Kier alpha value is -0.120. The molecule has 0 amide bonds. The van der Waals surface area contributed by atoms with Crippen LogP contribution in [0.5, 0.6) is 0 Å². The monoisotopic (exact) mass is 214 g/mol. The molecular formula is C12H26N2O. The number of likely N-dealkylation sites (tertiary alicyclic amines) is 1. The zero-order valence-corrected chi connectivity index (χ0v) is 10.3. The molecule has 0 aromatic rings. The predicted octanol–water partition coefficient (Wildman–Crippen LogP) is 1.49. The summed E-state index contributed by atoms with van der Waals surface area (Å²) in [6.45, 7) is 8.07. The van der Waals surface area contributed by atoms with E-state index in [1.807, 2.05) is 0 Å². The molecule has 1 aliphatic rings. The standard InChI is InChI=1S/C12H26N2O/c1-12(15-2)11-13-7-6-10-14-8-4-3-5-9-14/h12-13H,3-11H2,1-2H3. The molecule has 1 saturated heterocycles. The van der Waals surface area contributed by atoms with Gasteiger partial charge in [-0.1, -0.05) is 6.42 Å². The Bertz CT molecular complexity index is 147. The van der Waals surface area contributed by atoms with Crippen molar-refractivity contribution >= 4 is 0 Å². The van der Waals surface area contributed by atoms with Gasteiger partial charge >= 0.3 is 0 Å². The summed E-state index contributed by atoms with van der Waals surface area (Å²) in [5.41, 5.74) is 0. The number of piperidine rings is 1. The van der Waals surface area contributed by atoms with Crippen LogP contribution in [0.3, 0.4) is 0 Å². The largest absolute Gasteiger partial charge is 0.380 e. The highest BCUT2D eigenvalue weighted by Crippen LogP contribution is 2.08. The third-order valence-corrected chi connectivity index (χ3v) is 3.11. The van der Waals surface area contributed by atoms with Crippen LogP contribution in [0.4, 0.5) is 0 Å². The van der Waals surface area contributed by atoms with Gasteiger partial charge in [-0.05, 0) is 52.4 Å². The van der Waals surface area contributed by atoms with Crippen molar-refractivity contribution < 1.29 is 4.74 Å². The van der Waals surface area contributed by atoms with Crippen molar-refractivity contribution in [2.75, 3.05) is 39.8 Å². The normalized spacial score (nSPS) is 20.4. The Kier molecular flexibility index (Phi) is 6.98. The number of ether oxygens (including phenoxy) is 1. The zero-order chi connectivity index (χ0) is 10.9. The molecule has 1 unspecified atom stereocenters. The smallest absolute Gasteiger partial charge is 0.0667 e. The highest BCUT2D eigenvalue weighted by Gasteiger charge is 2.08. The van der Waals surface area contributed by atoms with E-state index < -0.39 is 0 Å². The van der Waals surface area contributed by atoms with E-state index in [-0.39, 0.29) is 0 Å². The van der Waals surface area contributed by atoms with Crippen LogP contribution in [0.15, 0.2) is 0 Å². The summed E-state index contributed by atoms with van der Waals surface area (Å²) < 4.78 is 5.17. The van der Waals surface area contributed by atoms with Crippen molar-refractivity contribution in [3.8, 4) is 0 Å². The number of nitrogens with zero attached hydrogens (tertiary/aromatic N) is 1. The third kappa shape index (κ3) is 6.13. The molecule has 0 radical (unpaired) electrons. The molecule has 1 atom stereocenters. The van der Waals surface area contributed by atoms with Crippen molar-refractivity contribution in [3.05, 3.63) is 0 Å². The lowest BCUT2D eigenvalue weighted by Gasteiger charge is -2.26. The first kappa shape index (κ1) is 12.9. The molecular weight excluding hydrogens is 188 g/mol. The van der Waals surface area contributed by atoms with E-state index in [4.69, 9.17) is 4.74 Å². The highest BCUT2D eigenvalue weighted by atomic mass is 16.5. The molecule has 0 aliphatic carbocycles. The average molecular weight is 214 g/mol. The average Bonchev–Trinajstić information content (AvgIpc) is 2.29.